The summed E-state index contributed by atoms with van der Waals surface area (Å²) in [7, 11) is 0. The van der Waals surface area contributed by atoms with Crippen LogP contribution in [0.2, 0.25) is 0 Å². The van der Waals surface area contributed by atoms with Gasteiger partial charge in [0.05, 0.1) is 35.9 Å². The molecular weight excluding hydrogens is 336 g/mol. The Morgan fingerprint density at radius 2 is 2.15 bits per heavy atom. The normalized spacial score (nSPS) is 27.6. The fourth-order valence-electron chi connectivity index (χ4n) is 4.35. The summed E-state index contributed by atoms with van der Waals surface area (Å²) in [4.78, 5) is 25.6. The zero-order valence-corrected chi connectivity index (χ0v) is 14.1. The highest BCUT2D eigenvalue weighted by Gasteiger charge is 2.78. The van der Waals surface area contributed by atoms with Crippen LogP contribution in [0.5, 0.6) is 0 Å². The molecule has 1 saturated carbocycles. The van der Waals surface area contributed by atoms with Crippen molar-refractivity contribution in [2.24, 2.45) is 11.3 Å². The SMILES string of the molecule is C=C[C@@H]1CC(C#N)(C#N)[C@H]2N(C(=O)OCC)c3ccccc3[C@@]12[N+](=O)[O-]. The molecule has 0 unspecified atom stereocenters. The molecule has 3 atom stereocenters. The number of nitrogens with zero attached hydrogens (tertiary/aromatic N) is 4. The fourth-order valence-corrected chi connectivity index (χ4v) is 4.35. The predicted octanol–water partition coefficient (Wildman–Crippen LogP) is 2.74. The molecule has 1 amide bonds. The minimum atomic E-state index is -1.82. The summed E-state index contributed by atoms with van der Waals surface area (Å²) in [5, 5.41) is 31.9. The Hall–Kier alpha value is -3.39. The molecule has 3 rings (SSSR count). The monoisotopic (exact) mass is 352 g/mol. The van der Waals surface area contributed by atoms with Gasteiger partial charge in [0, 0.05) is 4.92 Å². The van der Waals surface area contributed by atoms with Gasteiger partial charge in [-0.15, -0.1) is 6.58 Å². The number of carbonyl (C=O) groups excluding carboxylic acids is 1. The topological polar surface area (TPSA) is 120 Å². The van der Waals surface area contributed by atoms with Gasteiger partial charge in [0.25, 0.3) is 5.54 Å². The number of nitro groups is 1. The van der Waals surface area contributed by atoms with Gasteiger partial charge in [0.1, 0.15) is 6.04 Å². The number of hydrogen-bond donors (Lipinski definition) is 0. The van der Waals surface area contributed by atoms with E-state index in [1.54, 1.807) is 31.2 Å². The van der Waals surface area contributed by atoms with E-state index < -0.39 is 33.9 Å². The maximum absolute atomic E-state index is 12.7. The van der Waals surface area contributed by atoms with Crippen LogP contribution >= 0.6 is 0 Å². The third-order valence-electron chi connectivity index (χ3n) is 5.29. The molecule has 1 heterocycles. The number of rotatable bonds is 3. The van der Waals surface area contributed by atoms with Crippen LogP contribution in [-0.2, 0) is 10.3 Å². The molecule has 8 heteroatoms. The summed E-state index contributed by atoms with van der Waals surface area (Å²) in [6.07, 6.45) is 0.505. The number of nitriles is 2. The Labute approximate surface area is 150 Å². The first-order chi connectivity index (χ1) is 12.4. The van der Waals surface area contributed by atoms with E-state index in [0.29, 0.717) is 5.56 Å². The van der Waals surface area contributed by atoms with E-state index in [2.05, 4.69) is 6.58 Å². The quantitative estimate of drug-likeness (QED) is 0.468. The van der Waals surface area contributed by atoms with Crippen LogP contribution in [-0.4, -0.2) is 23.7 Å². The van der Waals surface area contributed by atoms with Crippen molar-refractivity contribution in [3.8, 4) is 12.1 Å². The summed E-state index contributed by atoms with van der Waals surface area (Å²) in [6, 6.07) is 8.98. The van der Waals surface area contributed by atoms with Gasteiger partial charge in [-0.3, -0.25) is 15.0 Å². The molecule has 2 aliphatic rings. The molecule has 0 spiro atoms. The van der Waals surface area contributed by atoms with Crippen LogP contribution in [0.25, 0.3) is 0 Å². The summed E-state index contributed by atoms with van der Waals surface area (Å²) in [5.74, 6) is -0.789. The standard InChI is InChI=1S/C18H16N4O4/c1-3-12-9-17(10-19,11-20)15-18(12,22(24)25)13-7-5-6-8-14(13)21(15)16(23)26-4-2/h3,5-8,12,15H,1,4,9H2,2H3/t12-,15-,18+/m1/s1. The summed E-state index contributed by atoms with van der Waals surface area (Å²) in [5.41, 5.74) is -3.00. The predicted molar refractivity (Wildman–Crippen MR) is 90.4 cm³/mol. The first kappa shape index (κ1) is 17.4. The van der Waals surface area contributed by atoms with Gasteiger partial charge in [-0.05, 0) is 25.5 Å². The number of anilines is 1. The van der Waals surface area contributed by atoms with Gasteiger partial charge in [0.2, 0.25) is 0 Å². The minimum absolute atomic E-state index is 0.0622. The Bertz CT molecular complexity index is 870. The minimum Gasteiger partial charge on any atom is -0.449 e. The van der Waals surface area contributed by atoms with Crippen molar-refractivity contribution >= 4 is 11.8 Å². The Morgan fingerprint density at radius 3 is 2.69 bits per heavy atom. The van der Waals surface area contributed by atoms with Crippen LogP contribution in [0.3, 0.4) is 0 Å². The maximum Gasteiger partial charge on any atom is 0.414 e. The second-order valence-corrected chi connectivity index (χ2v) is 6.31. The van der Waals surface area contributed by atoms with Crippen molar-refractivity contribution in [3.05, 3.63) is 52.6 Å². The molecule has 1 aromatic carbocycles. The number of ether oxygens (including phenoxy) is 1. The highest BCUT2D eigenvalue weighted by atomic mass is 16.6. The zero-order chi connectivity index (χ0) is 19.1. The van der Waals surface area contributed by atoms with E-state index in [4.69, 9.17) is 4.74 Å². The van der Waals surface area contributed by atoms with Crippen molar-refractivity contribution in [1.29, 1.82) is 10.5 Å². The molecule has 0 aromatic heterocycles. The highest BCUT2D eigenvalue weighted by molar-refractivity contribution is 5.93. The van der Waals surface area contributed by atoms with Crippen LogP contribution in [0.1, 0.15) is 18.9 Å². The maximum atomic E-state index is 12.7. The number of fused-ring (bicyclic) bond motifs is 3. The van der Waals surface area contributed by atoms with Crippen molar-refractivity contribution in [2.45, 2.75) is 24.9 Å². The van der Waals surface area contributed by atoms with Crippen molar-refractivity contribution in [1.82, 2.24) is 0 Å². The Kier molecular flexibility index (Phi) is 3.92. The Balaban J connectivity index is 2.40. The van der Waals surface area contributed by atoms with E-state index in [0.717, 1.165) is 4.90 Å². The third-order valence-corrected chi connectivity index (χ3v) is 5.29. The summed E-state index contributed by atoms with van der Waals surface area (Å²) >= 11 is 0. The lowest BCUT2D eigenvalue weighted by Gasteiger charge is -2.31. The van der Waals surface area contributed by atoms with Gasteiger partial charge in [-0.2, -0.15) is 10.5 Å². The van der Waals surface area contributed by atoms with Gasteiger partial charge in [-0.1, -0.05) is 18.2 Å². The molecule has 0 bridgehead atoms. The molecule has 26 heavy (non-hydrogen) atoms. The molecule has 0 N–H and O–H groups in total. The van der Waals surface area contributed by atoms with Gasteiger partial charge >= 0.3 is 6.09 Å². The van der Waals surface area contributed by atoms with Gasteiger partial charge in [0.15, 0.2) is 5.41 Å². The second kappa shape index (κ2) is 5.85. The number of para-hydroxylation sites is 1. The highest BCUT2D eigenvalue weighted by Crippen LogP contribution is 2.63. The van der Waals surface area contributed by atoms with Crippen molar-refractivity contribution in [3.63, 3.8) is 0 Å². The van der Waals surface area contributed by atoms with Crippen LogP contribution in [0.15, 0.2) is 36.9 Å². The zero-order valence-electron chi connectivity index (χ0n) is 14.1. The fraction of sp³-hybridized carbons (Fsp3) is 0.389. The van der Waals surface area contributed by atoms with E-state index >= 15 is 0 Å². The number of amides is 1. The number of hydrogen-bond acceptors (Lipinski definition) is 6. The molecular formula is C18H16N4O4. The lowest BCUT2D eigenvalue weighted by Crippen LogP contribution is -2.55. The lowest BCUT2D eigenvalue weighted by molar-refractivity contribution is -0.585. The van der Waals surface area contributed by atoms with E-state index in [-0.39, 0.29) is 18.7 Å². The average molecular weight is 352 g/mol. The average Bonchev–Trinajstić information content (AvgIpc) is 3.11. The Morgan fingerprint density at radius 1 is 1.50 bits per heavy atom. The number of carbonyl (C=O) groups is 1. The second-order valence-electron chi connectivity index (χ2n) is 6.31. The first-order valence-corrected chi connectivity index (χ1v) is 8.09. The number of benzene rings is 1. The largest absolute Gasteiger partial charge is 0.449 e. The van der Waals surface area contributed by atoms with E-state index in [1.165, 1.54) is 6.08 Å². The smallest absolute Gasteiger partial charge is 0.414 e. The molecule has 0 radical (unpaired) electrons. The summed E-state index contributed by atoms with van der Waals surface area (Å²) < 4.78 is 5.09. The summed E-state index contributed by atoms with van der Waals surface area (Å²) in [6.45, 7) is 5.36. The first-order valence-electron chi connectivity index (χ1n) is 8.09. The molecule has 1 aliphatic carbocycles. The van der Waals surface area contributed by atoms with Crippen LogP contribution < -0.4 is 4.90 Å². The third kappa shape index (κ3) is 1.84. The van der Waals surface area contributed by atoms with Gasteiger partial charge in [-0.25, -0.2) is 4.79 Å². The molecule has 1 fully saturated rings. The van der Waals surface area contributed by atoms with E-state index in [9.17, 15) is 25.4 Å². The molecule has 132 valence electrons. The van der Waals surface area contributed by atoms with E-state index in [1.807, 2.05) is 12.1 Å². The molecule has 1 aliphatic heterocycles. The lowest BCUT2D eigenvalue weighted by atomic mass is 9.78. The van der Waals surface area contributed by atoms with Crippen molar-refractivity contribution in [2.75, 3.05) is 11.5 Å². The van der Waals surface area contributed by atoms with Crippen LogP contribution in [0.4, 0.5) is 10.5 Å². The molecule has 1 aromatic rings. The van der Waals surface area contributed by atoms with Crippen molar-refractivity contribution < 1.29 is 14.5 Å². The molecule has 8 nitrogen and oxygen atoms in total. The van der Waals surface area contributed by atoms with Gasteiger partial charge < -0.3 is 4.74 Å². The molecule has 0 saturated heterocycles. The van der Waals surface area contributed by atoms with Crippen LogP contribution in [0, 0.1) is 44.1 Å².